The topological polar surface area (TPSA) is 26.0 Å². The Morgan fingerprint density at radius 1 is 1.36 bits per heavy atom. The van der Waals surface area contributed by atoms with E-state index in [0.717, 1.165) is 12.3 Å². The van der Waals surface area contributed by atoms with Crippen molar-refractivity contribution in [2.24, 2.45) is 17.6 Å². The van der Waals surface area contributed by atoms with Gasteiger partial charge >= 0.3 is 0 Å². The van der Waals surface area contributed by atoms with Crippen LogP contribution in [0.4, 0.5) is 0 Å². The Labute approximate surface area is 89.8 Å². The molecule has 0 bridgehead atoms. The highest BCUT2D eigenvalue weighted by atomic mass is 14.6. The van der Waals surface area contributed by atoms with Gasteiger partial charge in [-0.2, -0.15) is 0 Å². The summed E-state index contributed by atoms with van der Waals surface area (Å²) in [6.07, 6.45) is 8.25. The van der Waals surface area contributed by atoms with Crippen LogP contribution in [0.2, 0.25) is 0 Å². The van der Waals surface area contributed by atoms with Crippen LogP contribution in [0.5, 0.6) is 0 Å². The minimum absolute atomic E-state index is 0.349. The van der Waals surface area contributed by atoms with Gasteiger partial charge in [-0.05, 0) is 38.0 Å². The molecule has 0 aromatic rings. The molecule has 2 N–H and O–H groups in total. The summed E-state index contributed by atoms with van der Waals surface area (Å²) in [7, 11) is 0. The number of nitrogens with two attached hydrogens (primary N) is 1. The predicted molar refractivity (Wildman–Crippen MR) is 65.3 cm³/mol. The lowest BCUT2D eigenvalue weighted by atomic mass is 9.86. The standard InChI is InChI=1S/C13H27N/c1-5-7-8-9-11(3)10-13(6-2)12(4)14/h5,11-13H,1,6-10,14H2,2-4H3. The summed E-state index contributed by atoms with van der Waals surface area (Å²) in [5.41, 5.74) is 5.93. The van der Waals surface area contributed by atoms with Crippen LogP contribution < -0.4 is 5.73 Å². The molecule has 0 rings (SSSR count). The van der Waals surface area contributed by atoms with Crippen molar-refractivity contribution >= 4 is 0 Å². The van der Waals surface area contributed by atoms with Crippen LogP contribution in [-0.2, 0) is 0 Å². The zero-order chi connectivity index (χ0) is 11.0. The molecule has 0 heterocycles. The maximum Gasteiger partial charge on any atom is 0.00387 e. The van der Waals surface area contributed by atoms with E-state index in [2.05, 4.69) is 27.4 Å². The maximum absolute atomic E-state index is 5.93. The molecule has 84 valence electrons. The second-order valence-electron chi connectivity index (χ2n) is 4.59. The van der Waals surface area contributed by atoms with Crippen molar-refractivity contribution in [1.82, 2.24) is 0 Å². The van der Waals surface area contributed by atoms with Crippen LogP contribution in [0.1, 0.15) is 52.9 Å². The lowest BCUT2D eigenvalue weighted by Gasteiger charge is -2.22. The third kappa shape index (κ3) is 6.20. The van der Waals surface area contributed by atoms with Gasteiger partial charge in [0.25, 0.3) is 0 Å². The van der Waals surface area contributed by atoms with Crippen molar-refractivity contribution in [3.05, 3.63) is 12.7 Å². The number of hydrogen-bond donors (Lipinski definition) is 1. The fourth-order valence-electron chi connectivity index (χ4n) is 2.00. The molecule has 1 heteroatoms. The molecule has 3 unspecified atom stereocenters. The van der Waals surface area contributed by atoms with Crippen LogP contribution in [0.15, 0.2) is 12.7 Å². The molecule has 0 aromatic heterocycles. The Morgan fingerprint density at radius 2 is 2.00 bits per heavy atom. The van der Waals surface area contributed by atoms with E-state index >= 15 is 0 Å². The van der Waals surface area contributed by atoms with Gasteiger partial charge in [-0.3, -0.25) is 0 Å². The molecule has 0 aromatic carbocycles. The van der Waals surface area contributed by atoms with Gasteiger partial charge < -0.3 is 5.73 Å². The van der Waals surface area contributed by atoms with Gasteiger partial charge in [0.15, 0.2) is 0 Å². The first-order valence-electron chi connectivity index (χ1n) is 5.98. The first kappa shape index (κ1) is 13.7. The molecular weight excluding hydrogens is 170 g/mol. The van der Waals surface area contributed by atoms with E-state index in [1.807, 2.05) is 6.08 Å². The summed E-state index contributed by atoms with van der Waals surface area (Å²) in [5.74, 6) is 1.51. The van der Waals surface area contributed by atoms with Crippen molar-refractivity contribution < 1.29 is 0 Å². The molecule has 14 heavy (non-hydrogen) atoms. The lowest BCUT2D eigenvalue weighted by Crippen LogP contribution is -2.27. The highest BCUT2D eigenvalue weighted by Crippen LogP contribution is 2.22. The Morgan fingerprint density at radius 3 is 2.43 bits per heavy atom. The zero-order valence-electron chi connectivity index (χ0n) is 10.1. The molecule has 0 spiro atoms. The summed E-state index contributed by atoms with van der Waals surface area (Å²) in [6.45, 7) is 10.5. The van der Waals surface area contributed by atoms with Gasteiger partial charge in [0.1, 0.15) is 0 Å². The molecule has 0 fully saturated rings. The Balaban J connectivity index is 3.67. The van der Waals surface area contributed by atoms with E-state index in [1.54, 1.807) is 0 Å². The summed E-state index contributed by atoms with van der Waals surface area (Å²) >= 11 is 0. The first-order chi connectivity index (χ1) is 6.61. The monoisotopic (exact) mass is 197 g/mol. The second kappa shape index (κ2) is 8.05. The molecule has 0 saturated heterocycles. The molecule has 0 aliphatic rings. The molecule has 0 saturated carbocycles. The normalized spacial score (nSPS) is 17.4. The molecule has 0 aliphatic heterocycles. The predicted octanol–water partition coefficient (Wildman–Crippen LogP) is 3.74. The summed E-state index contributed by atoms with van der Waals surface area (Å²) in [4.78, 5) is 0. The van der Waals surface area contributed by atoms with Crippen LogP contribution >= 0.6 is 0 Å². The summed E-state index contributed by atoms with van der Waals surface area (Å²) in [5, 5.41) is 0. The highest BCUT2D eigenvalue weighted by Gasteiger charge is 2.14. The molecule has 0 aliphatic carbocycles. The van der Waals surface area contributed by atoms with Crippen LogP contribution in [0.25, 0.3) is 0 Å². The summed E-state index contributed by atoms with van der Waals surface area (Å²) in [6, 6.07) is 0.349. The SMILES string of the molecule is C=CCCCC(C)CC(CC)C(C)N. The Kier molecular flexibility index (Phi) is 7.87. The fourth-order valence-corrected chi connectivity index (χ4v) is 2.00. The minimum atomic E-state index is 0.349. The van der Waals surface area contributed by atoms with E-state index in [9.17, 15) is 0 Å². The van der Waals surface area contributed by atoms with Gasteiger partial charge in [0.2, 0.25) is 0 Å². The molecule has 0 amide bonds. The van der Waals surface area contributed by atoms with E-state index in [0.29, 0.717) is 12.0 Å². The van der Waals surface area contributed by atoms with Crippen molar-refractivity contribution in [3.63, 3.8) is 0 Å². The molecular formula is C13H27N. The fraction of sp³-hybridized carbons (Fsp3) is 0.846. The van der Waals surface area contributed by atoms with Gasteiger partial charge in [0.05, 0.1) is 0 Å². The van der Waals surface area contributed by atoms with Gasteiger partial charge in [0, 0.05) is 6.04 Å². The van der Waals surface area contributed by atoms with E-state index < -0.39 is 0 Å². The third-order valence-corrected chi connectivity index (χ3v) is 3.08. The number of unbranched alkanes of at least 4 members (excludes halogenated alkanes) is 1. The van der Waals surface area contributed by atoms with Gasteiger partial charge in [-0.25, -0.2) is 0 Å². The number of hydrogen-bond acceptors (Lipinski definition) is 1. The lowest BCUT2D eigenvalue weighted by molar-refractivity contribution is 0.323. The zero-order valence-corrected chi connectivity index (χ0v) is 10.1. The smallest absolute Gasteiger partial charge is 0.00387 e. The Bertz CT molecular complexity index is 140. The van der Waals surface area contributed by atoms with Crippen molar-refractivity contribution in [2.75, 3.05) is 0 Å². The maximum atomic E-state index is 5.93. The number of allylic oxidation sites excluding steroid dienone is 1. The minimum Gasteiger partial charge on any atom is -0.328 e. The van der Waals surface area contributed by atoms with E-state index in [4.69, 9.17) is 5.73 Å². The van der Waals surface area contributed by atoms with Crippen LogP contribution in [0.3, 0.4) is 0 Å². The summed E-state index contributed by atoms with van der Waals surface area (Å²) < 4.78 is 0. The molecule has 1 nitrogen and oxygen atoms in total. The number of rotatable bonds is 8. The quantitative estimate of drug-likeness (QED) is 0.465. The van der Waals surface area contributed by atoms with E-state index in [1.165, 1.54) is 25.7 Å². The average molecular weight is 197 g/mol. The van der Waals surface area contributed by atoms with Crippen LogP contribution in [-0.4, -0.2) is 6.04 Å². The molecule has 0 radical (unpaired) electrons. The largest absolute Gasteiger partial charge is 0.328 e. The Hall–Kier alpha value is -0.300. The van der Waals surface area contributed by atoms with Crippen molar-refractivity contribution in [1.29, 1.82) is 0 Å². The highest BCUT2D eigenvalue weighted by molar-refractivity contribution is 4.72. The molecule has 3 atom stereocenters. The van der Waals surface area contributed by atoms with Crippen molar-refractivity contribution in [2.45, 2.75) is 58.9 Å². The third-order valence-electron chi connectivity index (χ3n) is 3.08. The van der Waals surface area contributed by atoms with Gasteiger partial charge in [-0.1, -0.05) is 32.8 Å². The first-order valence-corrected chi connectivity index (χ1v) is 5.98. The van der Waals surface area contributed by atoms with E-state index in [-0.39, 0.29) is 0 Å². The average Bonchev–Trinajstić information content (AvgIpc) is 2.14. The van der Waals surface area contributed by atoms with Crippen LogP contribution in [0, 0.1) is 11.8 Å². The second-order valence-corrected chi connectivity index (χ2v) is 4.59. The van der Waals surface area contributed by atoms with Gasteiger partial charge in [-0.15, -0.1) is 6.58 Å². The van der Waals surface area contributed by atoms with Crippen molar-refractivity contribution in [3.8, 4) is 0 Å².